The first-order valence-electron chi connectivity index (χ1n) is 9.14. The molecular formula is C19H19N3O6. The lowest BCUT2D eigenvalue weighted by Crippen LogP contribution is -2.52. The molecule has 1 aromatic rings. The third-order valence-electron chi connectivity index (χ3n) is 5.61. The van der Waals surface area contributed by atoms with Gasteiger partial charge in [-0.3, -0.25) is 29.3 Å². The molecular weight excluding hydrogens is 366 g/mol. The average Bonchev–Trinajstić information content (AvgIpc) is 2.93. The highest BCUT2D eigenvalue weighted by Crippen LogP contribution is 2.30. The molecule has 3 aliphatic rings. The molecule has 1 aromatic carbocycles. The largest absolute Gasteiger partial charge is 0.481 e. The number of hydrogen-bond donors (Lipinski definition) is 3. The van der Waals surface area contributed by atoms with Gasteiger partial charge in [-0.2, -0.15) is 0 Å². The topological polar surface area (TPSA) is 133 Å². The van der Waals surface area contributed by atoms with Gasteiger partial charge in [0.05, 0.1) is 5.92 Å². The predicted molar refractivity (Wildman–Crippen MR) is 94.1 cm³/mol. The molecule has 1 aliphatic carbocycles. The summed E-state index contributed by atoms with van der Waals surface area (Å²) in [7, 11) is 0. The maximum absolute atomic E-state index is 12.6. The van der Waals surface area contributed by atoms with Crippen LogP contribution in [0.3, 0.4) is 0 Å². The van der Waals surface area contributed by atoms with Crippen LogP contribution in [-0.4, -0.2) is 51.7 Å². The summed E-state index contributed by atoms with van der Waals surface area (Å²) in [6, 6.07) is 3.88. The van der Waals surface area contributed by atoms with Crippen molar-refractivity contribution in [2.24, 2.45) is 5.92 Å². The second-order valence-electron chi connectivity index (χ2n) is 7.45. The fraction of sp³-hybridized carbons (Fsp3) is 0.421. The summed E-state index contributed by atoms with van der Waals surface area (Å²) >= 11 is 0. The lowest BCUT2D eigenvalue weighted by molar-refractivity contribution is -0.145. The monoisotopic (exact) mass is 385 g/mol. The van der Waals surface area contributed by atoms with Gasteiger partial charge in [0.25, 0.3) is 11.8 Å². The SMILES string of the molecule is O=C1CCC(N2Cc3cc(C(=O)NC4CC(C(=O)O)C4)ccc3C2=O)C(=O)N1. The van der Waals surface area contributed by atoms with Gasteiger partial charge in [-0.1, -0.05) is 0 Å². The molecule has 3 N–H and O–H groups in total. The number of nitrogens with one attached hydrogen (secondary N) is 2. The molecule has 9 nitrogen and oxygen atoms in total. The minimum absolute atomic E-state index is 0.163. The Morgan fingerprint density at radius 2 is 1.93 bits per heavy atom. The van der Waals surface area contributed by atoms with Gasteiger partial charge in [0.1, 0.15) is 6.04 Å². The fourth-order valence-electron chi connectivity index (χ4n) is 3.92. The number of hydrogen-bond acceptors (Lipinski definition) is 5. The summed E-state index contributed by atoms with van der Waals surface area (Å²) in [6.45, 7) is 0.200. The fourth-order valence-corrected chi connectivity index (χ4v) is 3.92. The molecule has 2 fully saturated rings. The van der Waals surface area contributed by atoms with Crippen LogP contribution in [0.25, 0.3) is 0 Å². The Labute approximate surface area is 160 Å². The van der Waals surface area contributed by atoms with Crippen molar-refractivity contribution in [2.75, 3.05) is 0 Å². The Bertz CT molecular complexity index is 905. The molecule has 0 aromatic heterocycles. The molecule has 1 saturated heterocycles. The van der Waals surface area contributed by atoms with E-state index in [0.29, 0.717) is 29.5 Å². The van der Waals surface area contributed by atoms with E-state index in [4.69, 9.17) is 5.11 Å². The zero-order valence-corrected chi connectivity index (χ0v) is 14.9. The highest BCUT2D eigenvalue weighted by atomic mass is 16.4. The van der Waals surface area contributed by atoms with Gasteiger partial charge in [-0.25, -0.2) is 0 Å². The average molecular weight is 385 g/mol. The summed E-state index contributed by atoms with van der Waals surface area (Å²) < 4.78 is 0. The molecule has 0 radical (unpaired) electrons. The van der Waals surface area contributed by atoms with Crippen molar-refractivity contribution in [2.45, 2.75) is 44.3 Å². The van der Waals surface area contributed by atoms with E-state index in [9.17, 15) is 24.0 Å². The van der Waals surface area contributed by atoms with Gasteiger partial charge in [0.2, 0.25) is 11.8 Å². The van der Waals surface area contributed by atoms with Crippen molar-refractivity contribution < 1.29 is 29.1 Å². The standard InChI is InChI=1S/C19H19N3O6/c23-15-4-3-14(17(25)21-15)22-8-11-5-9(1-2-13(11)18(22)26)16(24)20-12-6-10(7-12)19(27)28/h1-2,5,10,12,14H,3-4,6-8H2,(H,20,24)(H,27,28)(H,21,23,25). The van der Waals surface area contributed by atoms with Crippen LogP contribution >= 0.6 is 0 Å². The second kappa shape index (κ2) is 6.74. The van der Waals surface area contributed by atoms with E-state index in [1.165, 1.54) is 4.90 Å². The number of benzene rings is 1. The normalized spacial score (nSPS) is 26.4. The number of carboxylic acids is 1. The van der Waals surface area contributed by atoms with Crippen LogP contribution in [0.4, 0.5) is 0 Å². The number of carboxylic acid groups (broad SMARTS) is 1. The third-order valence-corrected chi connectivity index (χ3v) is 5.61. The first-order valence-corrected chi connectivity index (χ1v) is 9.14. The maximum Gasteiger partial charge on any atom is 0.306 e. The highest BCUT2D eigenvalue weighted by Gasteiger charge is 2.39. The minimum Gasteiger partial charge on any atom is -0.481 e. The molecule has 0 spiro atoms. The van der Waals surface area contributed by atoms with Gasteiger partial charge in [0, 0.05) is 30.1 Å². The molecule has 1 unspecified atom stereocenters. The molecule has 146 valence electrons. The number of carbonyl (C=O) groups excluding carboxylic acids is 4. The summed E-state index contributed by atoms with van der Waals surface area (Å²) in [5.41, 5.74) is 1.48. The van der Waals surface area contributed by atoms with E-state index in [1.807, 2.05) is 0 Å². The second-order valence-corrected chi connectivity index (χ2v) is 7.45. The number of piperidine rings is 1. The lowest BCUT2D eigenvalue weighted by atomic mass is 9.80. The summed E-state index contributed by atoms with van der Waals surface area (Å²) in [5.74, 6) is -2.69. The van der Waals surface area contributed by atoms with Gasteiger partial charge in [0.15, 0.2) is 0 Å². The summed E-state index contributed by atoms with van der Waals surface area (Å²) in [4.78, 5) is 60.7. The maximum atomic E-state index is 12.6. The zero-order valence-electron chi connectivity index (χ0n) is 14.9. The Morgan fingerprint density at radius 3 is 2.61 bits per heavy atom. The van der Waals surface area contributed by atoms with Crippen molar-refractivity contribution in [3.63, 3.8) is 0 Å². The number of aliphatic carboxylic acids is 1. The zero-order chi connectivity index (χ0) is 20.0. The van der Waals surface area contributed by atoms with Crippen molar-refractivity contribution in [3.05, 3.63) is 34.9 Å². The number of nitrogens with zero attached hydrogens (tertiary/aromatic N) is 1. The Hall–Kier alpha value is -3.23. The molecule has 2 heterocycles. The van der Waals surface area contributed by atoms with Crippen LogP contribution in [0.5, 0.6) is 0 Å². The molecule has 1 atom stereocenters. The summed E-state index contributed by atoms with van der Waals surface area (Å²) in [6.07, 6.45) is 1.29. The van der Waals surface area contributed by atoms with Crippen molar-refractivity contribution >= 4 is 29.6 Å². The first-order chi connectivity index (χ1) is 13.3. The number of fused-ring (bicyclic) bond motifs is 1. The molecule has 2 aliphatic heterocycles. The molecule has 4 amide bonds. The number of amides is 4. The van der Waals surface area contributed by atoms with E-state index >= 15 is 0 Å². The van der Waals surface area contributed by atoms with Gasteiger partial charge >= 0.3 is 5.97 Å². The molecule has 4 rings (SSSR count). The van der Waals surface area contributed by atoms with E-state index in [0.717, 1.165) is 0 Å². The third kappa shape index (κ3) is 3.12. The Morgan fingerprint density at radius 1 is 1.18 bits per heavy atom. The molecule has 28 heavy (non-hydrogen) atoms. The minimum atomic E-state index is -0.852. The van der Waals surface area contributed by atoms with Crippen LogP contribution in [0.1, 0.15) is 52.0 Å². The Balaban J connectivity index is 1.44. The number of imide groups is 1. The predicted octanol–water partition coefficient (Wildman–Crippen LogP) is 0.0406. The van der Waals surface area contributed by atoms with Crippen LogP contribution in [-0.2, 0) is 20.9 Å². The van der Waals surface area contributed by atoms with Crippen LogP contribution < -0.4 is 10.6 Å². The molecule has 9 heteroatoms. The highest BCUT2D eigenvalue weighted by molar-refractivity contribution is 6.06. The first kappa shape index (κ1) is 18.1. The quantitative estimate of drug-likeness (QED) is 0.627. The van der Waals surface area contributed by atoms with Crippen LogP contribution in [0.15, 0.2) is 18.2 Å². The lowest BCUT2D eigenvalue weighted by Gasteiger charge is -2.32. The van der Waals surface area contributed by atoms with E-state index < -0.39 is 23.8 Å². The molecule has 0 bridgehead atoms. The van der Waals surface area contributed by atoms with Crippen molar-refractivity contribution in [1.29, 1.82) is 0 Å². The van der Waals surface area contributed by atoms with Gasteiger partial charge < -0.3 is 15.3 Å². The van der Waals surface area contributed by atoms with Crippen LogP contribution in [0.2, 0.25) is 0 Å². The summed E-state index contributed by atoms with van der Waals surface area (Å²) in [5, 5.41) is 14.0. The van der Waals surface area contributed by atoms with Gasteiger partial charge in [-0.05, 0) is 43.0 Å². The van der Waals surface area contributed by atoms with Crippen molar-refractivity contribution in [1.82, 2.24) is 15.5 Å². The number of carbonyl (C=O) groups is 5. The van der Waals surface area contributed by atoms with Crippen molar-refractivity contribution in [3.8, 4) is 0 Å². The molecule has 1 saturated carbocycles. The van der Waals surface area contributed by atoms with E-state index in [-0.39, 0.29) is 43.1 Å². The number of rotatable bonds is 4. The van der Waals surface area contributed by atoms with Gasteiger partial charge in [-0.15, -0.1) is 0 Å². The van der Waals surface area contributed by atoms with Crippen LogP contribution in [0, 0.1) is 5.92 Å². The van der Waals surface area contributed by atoms with E-state index in [2.05, 4.69) is 10.6 Å². The van der Waals surface area contributed by atoms with E-state index in [1.54, 1.807) is 18.2 Å². The smallest absolute Gasteiger partial charge is 0.306 e. The Kier molecular flexibility index (Phi) is 4.37.